The average Bonchev–Trinajstić information content (AvgIpc) is 2.35. The number of hydrogen-bond acceptors (Lipinski definition) is 3. The highest BCUT2D eigenvalue weighted by atomic mass is 19.1. The highest BCUT2D eigenvalue weighted by molar-refractivity contribution is 5.89. The predicted molar refractivity (Wildman–Crippen MR) is 75.4 cm³/mol. The number of benzene rings is 1. The number of rotatable bonds is 6. The Hall–Kier alpha value is -1.89. The van der Waals surface area contributed by atoms with E-state index in [2.05, 4.69) is 15.4 Å². The lowest BCUT2D eigenvalue weighted by molar-refractivity contribution is 0.163. The zero-order valence-corrected chi connectivity index (χ0v) is 12.2. The standard InChI is InChI=1S/C14H20F2N2O3/c1-8(4-9(2)19)7-17-14(20)18-10-5-11(15)13(21-3)12(16)6-10/h5-6,8-9,19H,4,7H2,1-3H3,(H2,17,18,20). The van der Waals surface area contributed by atoms with Crippen molar-refractivity contribution in [3.05, 3.63) is 23.8 Å². The van der Waals surface area contributed by atoms with Crippen LogP contribution in [-0.2, 0) is 0 Å². The summed E-state index contributed by atoms with van der Waals surface area (Å²) in [6, 6.07) is 1.37. The summed E-state index contributed by atoms with van der Waals surface area (Å²) in [7, 11) is 1.16. The van der Waals surface area contributed by atoms with Gasteiger partial charge < -0.3 is 20.5 Å². The van der Waals surface area contributed by atoms with Gasteiger partial charge in [-0.3, -0.25) is 0 Å². The maximum atomic E-state index is 13.5. The van der Waals surface area contributed by atoms with E-state index in [1.54, 1.807) is 6.92 Å². The Bertz CT molecular complexity index is 472. The Kier molecular flexibility index (Phi) is 6.36. The summed E-state index contributed by atoms with van der Waals surface area (Å²) in [6.45, 7) is 3.89. The monoisotopic (exact) mass is 302 g/mol. The zero-order chi connectivity index (χ0) is 16.0. The minimum absolute atomic E-state index is 0.00789. The van der Waals surface area contributed by atoms with Crippen LogP contribution in [-0.4, -0.2) is 30.9 Å². The number of nitrogens with one attached hydrogen (secondary N) is 2. The molecule has 1 aromatic carbocycles. The molecular formula is C14H20F2N2O3. The Labute approximate surface area is 122 Å². The minimum atomic E-state index is -0.893. The van der Waals surface area contributed by atoms with Gasteiger partial charge in [-0.05, 0) is 19.3 Å². The number of carbonyl (C=O) groups excluding carboxylic acids is 1. The van der Waals surface area contributed by atoms with Crippen molar-refractivity contribution >= 4 is 11.7 Å². The van der Waals surface area contributed by atoms with Crippen LogP contribution in [0.25, 0.3) is 0 Å². The number of aliphatic hydroxyl groups excluding tert-OH is 1. The molecule has 0 aliphatic rings. The summed E-state index contributed by atoms with van der Waals surface area (Å²) in [6.07, 6.45) is 0.0983. The van der Waals surface area contributed by atoms with Gasteiger partial charge in [0.2, 0.25) is 0 Å². The molecule has 118 valence electrons. The molecule has 21 heavy (non-hydrogen) atoms. The molecule has 0 saturated heterocycles. The van der Waals surface area contributed by atoms with Crippen molar-refractivity contribution in [3.63, 3.8) is 0 Å². The predicted octanol–water partition coefficient (Wildman–Crippen LogP) is 2.50. The molecule has 3 N–H and O–H groups in total. The van der Waals surface area contributed by atoms with Crippen molar-refractivity contribution in [1.29, 1.82) is 0 Å². The molecule has 1 rings (SSSR count). The molecular weight excluding hydrogens is 282 g/mol. The van der Waals surface area contributed by atoms with Gasteiger partial charge in [-0.1, -0.05) is 6.92 Å². The van der Waals surface area contributed by atoms with Crippen LogP contribution in [0.15, 0.2) is 12.1 Å². The summed E-state index contributed by atoms with van der Waals surface area (Å²) in [5, 5.41) is 14.1. The van der Waals surface area contributed by atoms with Crippen LogP contribution in [0, 0.1) is 17.6 Å². The lowest BCUT2D eigenvalue weighted by atomic mass is 10.1. The minimum Gasteiger partial charge on any atom is -0.491 e. The summed E-state index contributed by atoms with van der Waals surface area (Å²) in [5.41, 5.74) is -0.00789. The van der Waals surface area contributed by atoms with E-state index in [1.165, 1.54) is 0 Å². The molecule has 0 aromatic heterocycles. The van der Waals surface area contributed by atoms with E-state index in [4.69, 9.17) is 0 Å². The Morgan fingerprint density at radius 1 is 1.33 bits per heavy atom. The first-order chi connectivity index (χ1) is 9.83. The van der Waals surface area contributed by atoms with Gasteiger partial charge in [-0.2, -0.15) is 0 Å². The fraction of sp³-hybridized carbons (Fsp3) is 0.500. The van der Waals surface area contributed by atoms with Crippen LogP contribution in [0.2, 0.25) is 0 Å². The van der Waals surface area contributed by atoms with Gasteiger partial charge in [-0.15, -0.1) is 0 Å². The molecule has 0 heterocycles. The zero-order valence-electron chi connectivity index (χ0n) is 12.2. The Morgan fingerprint density at radius 2 is 1.90 bits per heavy atom. The van der Waals surface area contributed by atoms with Crippen LogP contribution in [0.3, 0.4) is 0 Å². The van der Waals surface area contributed by atoms with Crippen LogP contribution >= 0.6 is 0 Å². The van der Waals surface area contributed by atoms with Crippen LogP contribution < -0.4 is 15.4 Å². The second-order valence-electron chi connectivity index (χ2n) is 5.00. The number of methoxy groups -OCH3 is 1. The first-order valence-corrected chi connectivity index (χ1v) is 6.59. The van der Waals surface area contributed by atoms with Gasteiger partial charge in [0.15, 0.2) is 17.4 Å². The van der Waals surface area contributed by atoms with Crippen LogP contribution in [0.5, 0.6) is 5.75 Å². The number of anilines is 1. The molecule has 0 aliphatic heterocycles. The molecule has 2 amide bonds. The lowest BCUT2D eigenvalue weighted by Crippen LogP contribution is -2.33. The normalized spacial score (nSPS) is 13.4. The molecule has 0 spiro atoms. The van der Waals surface area contributed by atoms with E-state index in [1.807, 2.05) is 6.92 Å². The molecule has 5 nitrogen and oxygen atoms in total. The lowest BCUT2D eigenvalue weighted by Gasteiger charge is -2.15. The molecule has 0 radical (unpaired) electrons. The van der Waals surface area contributed by atoms with Gasteiger partial charge in [0, 0.05) is 24.4 Å². The smallest absolute Gasteiger partial charge is 0.319 e. The van der Waals surface area contributed by atoms with Crippen LogP contribution in [0.1, 0.15) is 20.3 Å². The third kappa shape index (κ3) is 5.55. The van der Waals surface area contributed by atoms with Crippen molar-refractivity contribution in [1.82, 2.24) is 5.32 Å². The van der Waals surface area contributed by atoms with Gasteiger partial charge in [0.25, 0.3) is 0 Å². The van der Waals surface area contributed by atoms with E-state index in [-0.39, 0.29) is 11.6 Å². The largest absolute Gasteiger partial charge is 0.491 e. The van der Waals surface area contributed by atoms with E-state index < -0.39 is 29.5 Å². The topological polar surface area (TPSA) is 70.6 Å². The highest BCUT2D eigenvalue weighted by Gasteiger charge is 2.13. The van der Waals surface area contributed by atoms with Crippen LogP contribution in [0.4, 0.5) is 19.3 Å². The number of halogens is 2. The van der Waals surface area contributed by atoms with Crippen molar-refractivity contribution in [3.8, 4) is 5.75 Å². The molecule has 7 heteroatoms. The fourth-order valence-electron chi connectivity index (χ4n) is 1.93. The maximum Gasteiger partial charge on any atom is 0.319 e. The summed E-state index contributed by atoms with van der Waals surface area (Å²) < 4.78 is 31.5. The number of carbonyl (C=O) groups is 1. The Balaban J connectivity index is 2.55. The summed E-state index contributed by atoms with van der Waals surface area (Å²) in [5.74, 6) is -2.20. The van der Waals surface area contributed by atoms with E-state index in [0.29, 0.717) is 13.0 Å². The SMILES string of the molecule is COc1c(F)cc(NC(=O)NCC(C)CC(C)O)cc1F. The molecule has 0 bridgehead atoms. The first kappa shape index (κ1) is 17.2. The molecule has 2 atom stereocenters. The van der Waals surface area contributed by atoms with Crippen molar-refractivity contribution < 1.29 is 23.4 Å². The van der Waals surface area contributed by atoms with Crippen molar-refractivity contribution in [2.45, 2.75) is 26.4 Å². The number of ether oxygens (including phenoxy) is 1. The first-order valence-electron chi connectivity index (χ1n) is 6.59. The third-order valence-electron chi connectivity index (χ3n) is 2.81. The number of hydrogen-bond donors (Lipinski definition) is 3. The number of aliphatic hydroxyl groups is 1. The molecule has 1 aromatic rings. The maximum absolute atomic E-state index is 13.5. The third-order valence-corrected chi connectivity index (χ3v) is 2.81. The second kappa shape index (κ2) is 7.78. The molecule has 0 fully saturated rings. The Morgan fingerprint density at radius 3 is 2.38 bits per heavy atom. The second-order valence-corrected chi connectivity index (χ2v) is 5.00. The van der Waals surface area contributed by atoms with Gasteiger partial charge in [-0.25, -0.2) is 13.6 Å². The van der Waals surface area contributed by atoms with E-state index >= 15 is 0 Å². The van der Waals surface area contributed by atoms with Crippen molar-refractivity contribution in [2.24, 2.45) is 5.92 Å². The molecule has 0 aliphatic carbocycles. The van der Waals surface area contributed by atoms with Gasteiger partial charge >= 0.3 is 6.03 Å². The van der Waals surface area contributed by atoms with Gasteiger partial charge in [0.05, 0.1) is 13.2 Å². The number of amides is 2. The quantitative estimate of drug-likeness (QED) is 0.756. The fourth-order valence-corrected chi connectivity index (χ4v) is 1.93. The summed E-state index contributed by atoms with van der Waals surface area (Å²) in [4.78, 5) is 11.6. The highest BCUT2D eigenvalue weighted by Crippen LogP contribution is 2.25. The molecule has 2 unspecified atom stereocenters. The average molecular weight is 302 g/mol. The van der Waals surface area contributed by atoms with Crippen molar-refractivity contribution in [2.75, 3.05) is 19.0 Å². The van der Waals surface area contributed by atoms with Gasteiger partial charge in [0.1, 0.15) is 0 Å². The number of urea groups is 1. The van der Waals surface area contributed by atoms with E-state index in [9.17, 15) is 18.7 Å². The summed E-state index contributed by atoms with van der Waals surface area (Å²) >= 11 is 0. The molecule has 0 saturated carbocycles. The van der Waals surface area contributed by atoms with E-state index in [0.717, 1.165) is 19.2 Å².